The summed E-state index contributed by atoms with van der Waals surface area (Å²) in [6.45, 7) is 1.16. The van der Waals surface area contributed by atoms with Crippen LogP contribution in [-0.4, -0.2) is 50.1 Å². The van der Waals surface area contributed by atoms with E-state index in [1.807, 2.05) is 0 Å². The topological polar surface area (TPSA) is 95.9 Å². The number of hydrogen-bond donors (Lipinski definition) is 2. The number of carboxylic acids is 1. The molecule has 1 heterocycles. The molecule has 0 bridgehead atoms. The van der Waals surface area contributed by atoms with Crippen LogP contribution in [0.4, 0.5) is 10.1 Å². The summed E-state index contributed by atoms with van der Waals surface area (Å²) in [5.74, 6) is -2.22. The maximum Gasteiger partial charge on any atom is 0.337 e. The van der Waals surface area contributed by atoms with Crippen LogP contribution in [0, 0.1) is 5.82 Å². The Hall–Kier alpha value is -1.23. The van der Waals surface area contributed by atoms with Crippen molar-refractivity contribution in [1.82, 2.24) is 4.31 Å². The van der Waals surface area contributed by atoms with E-state index in [2.05, 4.69) is 20.7 Å². The molecule has 0 spiro atoms. The van der Waals surface area contributed by atoms with E-state index < -0.39 is 27.6 Å². The molecule has 10 heteroatoms. The third kappa shape index (κ3) is 3.94. The molecule has 1 aliphatic heterocycles. The molecule has 22 heavy (non-hydrogen) atoms. The molecule has 7 nitrogen and oxygen atoms in total. The number of halogens is 2. The third-order valence-corrected chi connectivity index (χ3v) is 5.18. The number of nitrogens with zero attached hydrogens (tertiary/aromatic N) is 1. The normalized spacial score (nSPS) is 17.0. The van der Waals surface area contributed by atoms with Gasteiger partial charge in [0.25, 0.3) is 0 Å². The van der Waals surface area contributed by atoms with Gasteiger partial charge in [0.1, 0.15) is 5.82 Å². The Kier molecular flexibility index (Phi) is 5.37. The highest BCUT2D eigenvalue weighted by Gasteiger charge is 2.25. The van der Waals surface area contributed by atoms with Gasteiger partial charge in [0, 0.05) is 19.7 Å². The summed E-state index contributed by atoms with van der Waals surface area (Å²) in [4.78, 5) is 11.2. The summed E-state index contributed by atoms with van der Waals surface area (Å²) >= 11 is 2.91. The summed E-state index contributed by atoms with van der Waals surface area (Å²) in [5.41, 5.74) is -0.665. The Bertz CT molecular complexity index is 674. The largest absolute Gasteiger partial charge is 0.478 e. The molecule has 0 amide bonds. The van der Waals surface area contributed by atoms with E-state index in [9.17, 15) is 17.6 Å². The van der Waals surface area contributed by atoms with Crippen molar-refractivity contribution in [3.8, 4) is 0 Å². The van der Waals surface area contributed by atoms with E-state index in [1.165, 1.54) is 4.31 Å². The van der Waals surface area contributed by atoms with Crippen LogP contribution in [0.5, 0.6) is 0 Å². The van der Waals surface area contributed by atoms with Gasteiger partial charge in [-0.15, -0.1) is 0 Å². The Morgan fingerprint density at radius 1 is 1.36 bits per heavy atom. The number of benzene rings is 1. The Morgan fingerprint density at radius 2 is 2.09 bits per heavy atom. The molecule has 2 rings (SSSR count). The molecule has 1 aliphatic rings. The zero-order valence-electron chi connectivity index (χ0n) is 11.4. The minimum Gasteiger partial charge on any atom is -0.478 e. The van der Waals surface area contributed by atoms with E-state index in [0.717, 1.165) is 12.1 Å². The van der Waals surface area contributed by atoms with Gasteiger partial charge < -0.3 is 9.84 Å². The summed E-state index contributed by atoms with van der Waals surface area (Å²) in [5, 5.41) is 9.08. The molecule has 1 aromatic carbocycles. The zero-order chi connectivity index (χ0) is 16.3. The lowest BCUT2D eigenvalue weighted by atomic mass is 10.2. The lowest BCUT2D eigenvalue weighted by molar-refractivity contribution is 0.0697. The fourth-order valence-electron chi connectivity index (χ4n) is 1.98. The van der Waals surface area contributed by atoms with Gasteiger partial charge in [-0.3, -0.25) is 4.72 Å². The molecular weight excluding hydrogens is 383 g/mol. The predicted octanol–water partition coefficient (Wildman–Crippen LogP) is 1.67. The molecule has 0 radical (unpaired) electrons. The fraction of sp³-hybridized carbons (Fsp3) is 0.417. The summed E-state index contributed by atoms with van der Waals surface area (Å²) in [6, 6.07) is 1.85. The third-order valence-electron chi connectivity index (χ3n) is 3.05. The van der Waals surface area contributed by atoms with Gasteiger partial charge in [0.05, 0.1) is 22.3 Å². The molecule has 0 aromatic heterocycles. The average Bonchev–Trinajstić information content (AvgIpc) is 2.71. The number of rotatable bonds is 4. The van der Waals surface area contributed by atoms with Crippen LogP contribution in [0.1, 0.15) is 16.8 Å². The number of ether oxygens (including phenoxy) is 1. The van der Waals surface area contributed by atoms with E-state index in [1.54, 1.807) is 0 Å². The minimum atomic E-state index is -3.95. The molecule has 122 valence electrons. The van der Waals surface area contributed by atoms with Crippen molar-refractivity contribution in [2.45, 2.75) is 6.42 Å². The Labute approximate surface area is 135 Å². The molecule has 2 N–H and O–H groups in total. The number of nitrogens with one attached hydrogen (secondary N) is 1. The van der Waals surface area contributed by atoms with Crippen molar-refractivity contribution in [3.05, 3.63) is 28.0 Å². The van der Waals surface area contributed by atoms with E-state index in [0.29, 0.717) is 13.0 Å². The van der Waals surface area contributed by atoms with Crippen LogP contribution in [0.15, 0.2) is 16.6 Å². The first-order valence-corrected chi connectivity index (χ1v) is 8.62. The molecular formula is C12H14BrFN2O5S. The van der Waals surface area contributed by atoms with E-state index in [4.69, 9.17) is 9.84 Å². The number of carboxylic acid groups (broad SMARTS) is 1. The molecule has 0 unspecified atom stereocenters. The van der Waals surface area contributed by atoms with Crippen molar-refractivity contribution in [2.24, 2.45) is 0 Å². The number of anilines is 1. The van der Waals surface area contributed by atoms with Gasteiger partial charge in [0.2, 0.25) is 0 Å². The molecule has 1 saturated heterocycles. The van der Waals surface area contributed by atoms with Crippen LogP contribution < -0.4 is 4.72 Å². The predicted molar refractivity (Wildman–Crippen MR) is 80.6 cm³/mol. The molecule has 0 atom stereocenters. The Balaban J connectivity index is 2.32. The second-order valence-electron chi connectivity index (χ2n) is 4.59. The first-order chi connectivity index (χ1) is 10.3. The highest BCUT2D eigenvalue weighted by molar-refractivity contribution is 9.10. The molecule has 1 fully saturated rings. The number of hydrogen-bond acceptors (Lipinski definition) is 4. The van der Waals surface area contributed by atoms with Gasteiger partial charge in [0.15, 0.2) is 0 Å². The van der Waals surface area contributed by atoms with Crippen molar-refractivity contribution in [2.75, 3.05) is 31.0 Å². The quantitative estimate of drug-likeness (QED) is 0.806. The van der Waals surface area contributed by atoms with Crippen molar-refractivity contribution in [3.63, 3.8) is 0 Å². The first-order valence-electron chi connectivity index (χ1n) is 6.39. The summed E-state index contributed by atoms with van der Waals surface area (Å²) in [7, 11) is -3.95. The van der Waals surface area contributed by atoms with Crippen LogP contribution in [0.25, 0.3) is 0 Å². The maximum absolute atomic E-state index is 13.4. The summed E-state index contributed by atoms with van der Waals surface area (Å²) in [6.07, 6.45) is 0.541. The van der Waals surface area contributed by atoms with Crippen LogP contribution in [0.2, 0.25) is 0 Å². The van der Waals surface area contributed by atoms with E-state index >= 15 is 0 Å². The van der Waals surface area contributed by atoms with Gasteiger partial charge >= 0.3 is 16.2 Å². The fourth-order valence-corrected chi connectivity index (χ4v) is 3.58. The highest BCUT2D eigenvalue weighted by Crippen LogP contribution is 2.26. The summed E-state index contributed by atoms with van der Waals surface area (Å²) < 4.78 is 46.6. The lowest BCUT2D eigenvalue weighted by Gasteiger charge is -2.21. The molecule has 0 aliphatic carbocycles. The van der Waals surface area contributed by atoms with Crippen molar-refractivity contribution < 1.29 is 27.4 Å². The molecule has 1 aromatic rings. The van der Waals surface area contributed by atoms with Crippen LogP contribution in [0.3, 0.4) is 0 Å². The second kappa shape index (κ2) is 6.90. The number of aromatic carboxylic acids is 1. The van der Waals surface area contributed by atoms with Gasteiger partial charge in [-0.2, -0.15) is 12.7 Å². The van der Waals surface area contributed by atoms with Gasteiger partial charge in [-0.25, -0.2) is 9.18 Å². The lowest BCUT2D eigenvalue weighted by Crippen LogP contribution is -2.38. The van der Waals surface area contributed by atoms with Gasteiger partial charge in [-0.1, -0.05) is 0 Å². The van der Waals surface area contributed by atoms with Crippen molar-refractivity contribution >= 4 is 37.8 Å². The van der Waals surface area contributed by atoms with E-state index in [-0.39, 0.29) is 29.9 Å². The highest BCUT2D eigenvalue weighted by atomic mass is 79.9. The average molecular weight is 397 g/mol. The monoisotopic (exact) mass is 396 g/mol. The van der Waals surface area contributed by atoms with Crippen molar-refractivity contribution in [1.29, 1.82) is 0 Å². The number of carbonyl (C=O) groups is 1. The van der Waals surface area contributed by atoms with Gasteiger partial charge in [-0.05, 0) is 34.5 Å². The first kappa shape index (κ1) is 17.1. The second-order valence-corrected chi connectivity index (χ2v) is 7.11. The minimum absolute atomic E-state index is 0.0330. The standard InChI is InChI=1S/C12H14BrFN2O5S/c13-9-7-11(8(12(17)18)6-10(9)14)15-22(19,20)16-2-1-4-21-5-3-16/h6-7,15H,1-5H2,(H,17,18). The smallest absolute Gasteiger partial charge is 0.337 e. The van der Waals surface area contributed by atoms with Crippen LogP contribution >= 0.6 is 15.9 Å². The zero-order valence-corrected chi connectivity index (χ0v) is 13.8. The molecule has 0 saturated carbocycles. The van der Waals surface area contributed by atoms with Crippen LogP contribution in [-0.2, 0) is 14.9 Å². The Morgan fingerprint density at radius 3 is 2.77 bits per heavy atom. The SMILES string of the molecule is O=C(O)c1cc(F)c(Br)cc1NS(=O)(=O)N1CCCOCC1. The maximum atomic E-state index is 13.4.